The molecule has 0 aliphatic carbocycles. The van der Waals surface area contributed by atoms with Gasteiger partial charge in [0.15, 0.2) is 5.13 Å². The Morgan fingerprint density at radius 1 is 1.41 bits per heavy atom. The summed E-state index contributed by atoms with van der Waals surface area (Å²) < 4.78 is 0.702. The van der Waals surface area contributed by atoms with E-state index in [1.165, 1.54) is 23.5 Å². The van der Waals surface area contributed by atoms with Crippen LogP contribution in [0.1, 0.15) is 6.92 Å². The minimum Gasteiger partial charge on any atom is -0.312 e. The molecule has 9 heteroatoms. The van der Waals surface area contributed by atoms with Crippen molar-refractivity contribution in [2.75, 3.05) is 31.8 Å². The number of nitrogens with zero attached hydrogens (tertiary/aromatic N) is 5. The van der Waals surface area contributed by atoms with Crippen molar-refractivity contribution in [2.24, 2.45) is 0 Å². The van der Waals surface area contributed by atoms with Crippen molar-refractivity contribution in [1.82, 2.24) is 14.8 Å². The topological polar surface area (TPSA) is 82.8 Å². The van der Waals surface area contributed by atoms with Gasteiger partial charge in [0.05, 0.1) is 28.5 Å². The number of anilines is 1. The van der Waals surface area contributed by atoms with E-state index in [0.29, 0.717) is 35.2 Å². The summed E-state index contributed by atoms with van der Waals surface area (Å²) in [6.45, 7) is 3.59. The third-order valence-corrected chi connectivity index (χ3v) is 4.52. The maximum absolute atomic E-state index is 12.4. The van der Waals surface area contributed by atoms with Crippen molar-refractivity contribution in [1.29, 1.82) is 0 Å². The van der Waals surface area contributed by atoms with Crippen molar-refractivity contribution in [3.05, 3.63) is 28.3 Å². The molecule has 22 heavy (non-hydrogen) atoms. The first-order valence-corrected chi connectivity index (χ1v) is 7.61. The molecule has 1 aliphatic heterocycles. The Morgan fingerprint density at radius 3 is 2.86 bits per heavy atom. The minimum atomic E-state index is -0.433. The molecule has 0 spiro atoms. The number of aromatic nitrogens is 1. The molecule has 1 saturated heterocycles. The number of non-ortho nitro benzene ring substituents is 1. The molecule has 1 aromatic carbocycles. The summed E-state index contributed by atoms with van der Waals surface area (Å²) in [6.07, 6.45) is 0. The van der Waals surface area contributed by atoms with Crippen LogP contribution in [0.5, 0.6) is 0 Å². The maximum atomic E-state index is 12.4. The van der Waals surface area contributed by atoms with Gasteiger partial charge in [-0.05, 0) is 20.0 Å². The first kappa shape index (κ1) is 14.7. The van der Waals surface area contributed by atoms with Gasteiger partial charge in [-0.25, -0.2) is 9.78 Å². The van der Waals surface area contributed by atoms with Crippen LogP contribution in [0, 0.1) is 10.1 Å². The predicted molar refractivity (Wildman–Crippen MR) is 84.0 cm³/mol. The quantitative estimate of drug-likeness (QED) is 0.640. The maximum Gasteiger partial charge on any atom is 0.328 e. The predicted octanol–water partition coefficient (Wildman–Crippen LogP) is 2.31. The van der Waals surface area contributed by atoms with E-state index in [2.05, 4.69) is 4.98 Å². The Labute approximate surface area is 130 Å². The van der Waals surface area contributed by atoms with Crippen LogP contribution in [0.25, 0.3) is 10.2 Å². The molecule has 0 atom stereocenters. The van der Waals surface area contributed by atoms with E-state index in [1.807, 2.05) is 18.9 Å². The van der Waals surface area contributed by atoms with Crippen LogP contribution in [0.2, 0.25) is 0 Å². The minimum absolute atomic E-state index is 0.0278. The number of nitro groups is 1. The van der Waals surface area contributed by atoms with Crippen molar-refractivity contribution < 1.29 is 9.72 Å². The van der Waals surface area contributed by atoms with Crippen LogP contribution < -0.4 is 4.90 Å². The van der Waals surface area contributed by atoms with Gasteiger partial charge in [0.25, 0.3) is 5.69 Å². The number of amides is 2. The average Bonchev–Trinajstić information content (AvgIpc) is 2.91. The number of rotatable bonds is 3. The van der Waals surface area contributed by atoms with Gasteiger partial charge in [-0.2, -0.15) is 0 Å². The highest BCUT2D eigenvalue weighted by Crippen LogP contribution is 2.32. The lowest BCUT2D eigenvalue weighted by molar-refractivity contribution is -0.384. The molecule has 2 aromatic rings. The molecule has 8 nitrogen and oxygen atoms in total. The van der Waals surface area contributed by atoms with Crippen LogP contribution in [0.15, 0.2) is 18.2 Å². The van der Waals surface area contributed by atoms with Crippen LogP contribution in [0.4, 0.5) is 15.6 Å². The smallest absolute Gasteiger partial charge is 0.312 e. The van der Waals surface area contributed by atoms with Crippen molar-refractivity contribution >= 4 is 38.4 Å². The van der Waals surface area contributed by atoms with E-state index in [0.717, 1.165) is 0 Å². The Balaban J connectivity index is 1.98. The standard InChI is InChI=1S/C13H15N5O3S/c1-3-16-7-15(2)8-17(13(16)19)12-14-10-5-4-9(18(20)21)6-11(10)22-12/h4-6H,3,7-8H2,1-2H3. The first-order chi connectivity index (χ1) is 10.5. The lowest BCUT2D eigenvalue weighted by Crippen LogP contribution is -2.56. The number of urea groups is 1. The van der Waals surface area contributed by atoms with Crippen LogP contribution in [-0.2, 0) is 0 Å². The Morgan fingerprint density at radius 2 is 2.18 bits per heavy atom. The highest BCUT2D eigenvalue weighted by atomic mass is 32.1. The summed E-state index contributed by atoms with van der Waals surface area (Å²) >= 11 is 1.29. The normalized spacial score (nSPS) is 16.5. The fourth-order valence-corrected chi connectivity index (χ4v) is 3.36. The zero-order chi connectivity index (χ0) is 15.9. The van der Waals surface area contributed by atoms with Gasteiger partial charge < -0.3 is 4.90 Å². The second-order valence-electron chi connectivity index (χ2n) is 5.11. The highest BCUT2D eigenvalue weighted by molar-refractivity contribution is 7.22. The Bertz CT molecular complexity index is 746. The van der Waals surface area contributed by atoms with Gasteiger partial charge in [0.2, 0.25) is 0 Å². The van der Waals surface area contributed by atoms with Crippen LogP contribution >= 0.6 is 11.3 Å². The number of benzene rings is 1. The molecule has 1 aromatic heterocycles. The fourth-order valence-electron chi connectivity index (χ4n) is 2.38. The second-order valence-corrected chi connectivity index (χ2v) is 6.12. The molecule has 1 aliphatic rings. The number of carbonyl (C=O) groups is 1. The molecule has 0 bridgehead atoms. The number of fused-ring (bicyclic) bond motifs is 1. The molecule has 116 valence electrons. The zero-order valence-corrected chi connectivity index (χ0v) is 13.0. The van der Waals surface area contributed by atoms with Gasteiger partial charge in [0, 0.05) is 18.7 Å². The van der Waals surface area contributed by atoms with Gasteiger partial charge in [0.1, 0.15) is 0 Å². The molecular weight excluding hydrogens is 306 g/mol. The van der Waals surface area contributed by atoms with Crippen molar-refractivity contribution in [3.8, 4) is 0 Å². The molecule has 2 heterocycles. The lowest BCUT2D eigenvalue weighted by Gasteiger charge is -2.38. The first-order valence-electron chi connectivity index (χ1n) is 6.79. The van der Waals surface area contributed by atoms with Crippen molar-refractivity contribution in [2.45, 2.75) is 6.92 Å². The number of carbonyl (C=O) groups excluding carboxylic acids is 1. The summed E-state index contributed by atoms with van der Waals surface area (Å²) in [5, 5.41) is 11.4. The van der Waals surface area contributed by atoms with Gasteiger partial charge in [-0.3, -0.25) is 19.9 Å². The van der Waals surface area contributed by atoms with E-state index >= 15 is 0 Å². The molecule has 3 rings (SSSR count). The van der Waals surface area contributed by atoms with Crippen LogP contribution in [-0.4, -0.2) is 52.7 Å². The molecule has 0 radical (unpaired) electrons. The zero-order valence-electron chi connectivity index (χ0n) is 12.2. The molecule has 1 fully saturated rings. The number of thiazole rings is 1. The summed E-state index contributed by atoms with van der Waals surface area (Å²) in [5.74, 6) is 0. The third kappa shape index (κ3) is 2.48. The summed E-state index contributed by atoms with van der Waals surface area (Å²) in [5.41, 5.74) is 0.689. The van der Waals surface area contributed by atoms with E-state index in [4.69, 9.17) is 0 Å². The number of hydrogen-bond donors (Lipinski definition) is 0. The average molecular weight is 321 g/mol. The SMILES string of the molecule is CCN1CN(C)CN(c2nc3ccc([N+](=O)[O-])cc3s2)C1=O. The molecular formula is C13H15N5O3S. The van der Waals surface area contributed by atoms with E-state index in [9.17, 15) is 14.9 Å². The van der Waals surface area contributed by atoms with Crippen LogP contribution in [0.3, 0.4) is 0 Å². The monoisotopic (exact) mass is 321 g/mol. The molecule has 0 N–H and O–H groups in total. The summed E-state index contributed by atoms with van der Waals surface area (Å²) in [7, 11) is 1.93. The van der Waals surface area contributed by atoms with Gasteiger partial charge in [-0.15, -0.1) is 0 Å². The fraction of sp³-hybridized carbons (Fsp3) is 0.385. The lowest BCUT2D eigenvalue weighted by atomic mass is 10.3. The molecule has 0 unspecified atom stereocenters. The van der Waals surface area contributed by atoms with Gasteiger partial charge >= 0.3 is 6.03 Å². The molecule has 2 amide bonds. The molecule has 0 saturated carbocycles. The summed E-state index contributed by atoms with van der Waals surface area (Å²) in [4.78, 5) is 32.6. The Hall–Kier alpha value is -2.26. The van der Waals surface area contributed by atoms with Crippen molar-refractivity contribution in [3.63, 3.8) is 0 Å². The second kappa shape index (κ2) is 5.50. The van der Waals surface area contributed by atoms with E-state index < -0.39 is 4.92 Å². The summed E-state index contributed by atoms with van der Waals surface area (Å²) in [6, 6.07) is 4.44. The van der Waals surface area contributed by atoms with E-state index in [-0.39, 0.29) is 11.7 Å². The van der Waals surface area contributed by atoms with E-state index in [1.54, 1.807) is 15.9 Å². The highest BCUT2D eigenvalue weighted by Gasteiger charge is 2.30. The number of hydrogen-bond acceptors (Lipinski definition) is 6. The largest absolute Gasteiger partial charge is 0.328 e. The third-order valence-electron chi connectivity index (χ3n) is 3.48. The Kier molecular flexibility index (Phi) is 3.67. The van der Waals surface area contributed by atoms with Gasteiger partial charge in [-0.1, -0.05) is 11.3 Å². The number of nitro benzene ring substituents is 1.